The van der Waals surface area contributed by atoms with Gasteiger partial charge in [0.2, 0.25) is 5.91 Å². The first kappa shape index (κ1) is 19.6. The number of nitrogens with two attached hydrogens (primary N) is 1. The van der Waals surface area contributed by atoms with Gasteiger partial charge in [0, 0.05) is 43.7 Å². The van der Waals surface area contributed by atoms with Crippen LogP contribution in [-0.4, -0.2) is 41.5 Å². The van der Waals surface area contributed by atoms with Crippen molar-refractivity contribution in [3.63, 3.8) is 0 Å². The van der Waals surface area contributed by atoms with Crippen molar-refractivity contribution in [2.75, 3.05) is 19.6 Å². The summed E-state index contributed by atoms with van der Waals surface area (Å²) in [5, 5.41) is 4.21. The molecule has 136 valence electrons. The molecular weight excluding hydrogens is 336 g/mol. The Morgan fingerprint density at radius 3 is 2.96 bits per heavy atom. The van der Waals surface area contributed by atoms with Crippen LogP contribution >= 0.6 is 12.4 Å². The Hall–Kier alpha value is -1.69. The normalized spacial score (nSPS) is 17.9. The highest BCUT2D eigenvalue weighted by molar-refractivity contribution is 5.85. The Morgan fingerprint density at radius 2 is 2.12 bits per heavy atom. The minimum atomic E-state index is 0. The Balaban J connectivity index is 0.00000225. The van der Waals surface area contributed by atoms with E-state index in [1.54, 1.807) is 0 Å². The third kappa shape index (κ3) is 5.14. The number of hydrogen-bond acceptors (Lipinski definition) is 4. The van der Waals surface area contributed by atoms with Crippen LogP contribution in [0.5, 0.6) is 0 Å². The van der Waals surface area contributed by atoms with E-state index in [0.29, 0.717) is 25.6 Å². The average molecular weight is 363 g/mol. The highest BCUT2D eigenvalue weighted by Crippen LogP contribution is 2.23. The van der Waals surface area contributed by atoms with Gasteiger partial charge in [-0.2, -0.15) is 0 Å². The second-order valence-electron chi connectivity index (χ2n) is 6.46. The number of aromatic nitrogens is 1. The van der Waals surface area contributed by atoms with Crippen LogP contribution in [-0.2, 0) is 11.3 Å². The van der Waals surface area contributed by atoms with Gasteiger partial charge in [0.05, 0.1) is 5.52 Å². The van der Waals surface area contributed by atoms with E-state index in [2.05, 4.69) is 39.5 Å². The Kier molecular flexibility index (Phi) is 7.62. The summed E-state index contributed by atoms with van der Waals surface area (Å²) < 4.78 is 0. The molecule has 6 heteroatoms. The van der Waals surface area contributed by atoms with Gasteiger partial charge in [-0.1, -0.05) is 30.7 Å². The molecule has 0 aliphatic carbocycles. The number of nitrogens with one attached hydrogen (secondary N) is 1. The topological polar surface area (TPSA) is 71.2 Å². The standard InChI is InChI=1S/C19H26N4O.ClH/c20-10-9-18(24)22-13-17-8-1-2-12-23(17)14-16-6-3-5-15-7-4-11-21-19(15)16;/h3-7,11,17H,1-2,8-10,12-14,20H2,(H,22,24);1H. The smallest absolute Gasteiger partial charge is 0.221 e. The molecule has 1 aromatic heterocycles. The van der Waals surface area contributed by atoms with Crippen molar-refractivity contribution in [3.8, 4) is 0 Å². The second kappa shape index (κ2) is 9.70. The fraction of sp³-hybridized carbons (Fsp3) is 0.474. The second-order valence-corrected chi connectivity index (χ2v) is 6.46. The van der Waals surface area contributed by atoms with Gasteiger partial charge in [0.1, 0.15) is 0 Å². The summed E-state index contributed by atoms with van der Waals surface area (Å²) in [6.07, 6.45) is 5.82. The molecule has 0 bridgehead atoms. The van der Waals surface area contributed by atoms with Crippen molar-refractivity contribution in [3.05, 3.63) is 42.1 Å². The van der Waals surface area contributed by atoms with Gasteiger partial charge >= 0.3 is 0 Å². The van der Waals surface area contributed by atoms with E-state index in [4.69, 9.17) is 5.73 Å². The minimum absolute atomic E-state index is 0. The molecule has 0 spiro atoms. The number of nitrogens with zero attached hydrogens (tertiary/aromatic N) is 2. The lowest BCUT2D eigenvalue weighted by atomic mass is 10.00. The van der Waals surface area contributed by atoms with E-state index in [1.165, 1.54) is 23.8 Å². The van der Waals surface area contributed by atoms with E-state index in [-0.39, 0.29) is 18.3 Å². The molecule has 1 aliphatic heterocycles. The number of para-hydroxylation sites is 1. The molecule has 0 saturated carbocycles. The molecule has 1 aromatic carbocycles. The molecule has 2 aromatic rings. The number of hydrogen-bond donors (Lipinski definition) is 2. The van der Waals surface area contributed by atoms with E-state index < -0.39 is 0 Å². The first-order valence-corrected chi connectivity index (χ1v) is 8.81. The van der Waals surface area contributed by atoms with E-state index in [9.17, 15) is 4.79 Å². The molecule has 5 nitrogen and oxygen atoms in total. The molecule has 1 atom stereocenters. The van der Waals surface area contributed by atoms with Crippen molar-refractivity contribution < 1.29 is 4.79 Å². The average Bonchev–Trinajstić information content (AvgIpc) is 2.61. The van der Waals surface area contributed by atoms with Crippen LogP contribution in [0.15, 0.2) is 36.5 Å². The van der Waals surface area contributed by atoms with Gasteiger partial charge in [-0.05, 0) is 31.0 Å². The number of carbonyl (C=O) groups excluding carboxylic acids is 1. The number of rotatable bonds is 6. The number of likely N-dealkylation sites (tertiary alicyclic amines) is 1. The number of piperidine rings is 1. The number of amides is 1. The van der Waals surface area contributed by atoms with E-state index in [0.717, 1.165) is 25.0 Å². The molecule has 1 aliphatic rings. The Labute approximate surface area is 155 Å². The monoisotopic (exact) mass is 362 g/mol. The predicted octanol–water partition coefficient (Wildman–Crippen LogP) is 2.48. The fourth-order valence-corrected chi connectivity index (χ4v) is 3.46. The maximum atomic E-state index is 11.7. The molecule has 1 fully saturated rings. The lowest BCUT2D eigenvalue weighted by Gasteiger charge is -2.36. The Morgan fingerprint density at radius 1 is 1.28 bits per heavy atom. The summed E-state index contributed by atoms with van der Waals surface area (Å²) in [4.78, 5) is 18.7. The number of pyridine rings is 1. The highest BCUT2D eigenvalue weighted by Gasteiger charge is 2.23. The van der Waals surface area contributed by atoms with Crippen molar-refractivity contribution in [1.82, 2.24) is 15.2 Å². The van der Waals surface area contributed by atoms with E-state index >= 15 is 0 Å². The largest absolute Gasteiger partial charge is 0.354 e. The Bertz CT molecular complexity index is 689. The maximum Gasteiger partial charge on any atom is 0.221 e. The van der Waals surface area contributed by atoms with Crippen LogP contribution in [0.4, 0.5) is 0 Å². The van der Waals surface area contributed by atoms with Gasteiger partial charge in [-0.25, -0.2) is 0 Å². The van der Waals surface area contributed by atoms with Gasteiger partial charge < -0.3 is 11.1 Å². The van der Waals surface area contributed by atoms with Gasteiger partial charge in [-0.3, -0.25) is 14.7 Å². The summed E-state index contributed by atoms with van der Waals surface area (Å²) in [5.41, 5.74) is 7.78. The van der Waals surface area contributed by atoms with Crippen LogP contribution in [0, 0.1) is 0 Å². The first-order chi connectivity index (χ1) is 11.8. The number of carbonyl (C=O) groups is 1. The zero-order valence-corrected chi connectivity index (χ0v) is 15.3. The number of benzene rings is 1. The molecular formula is C19H27ClN4O. The van der Waals surface area contributed by atoms with Gasteiger partial charge in [-0.15, -0.1) is 12.4 Å². The van der Waals surface area contributed by atoms with Gasteiger partial charge in [0.25, 0.3) is 0 Å². The summed E-state index contributed by atoms with van der Waals surface area (Å²) in [6, 6.07) is 10.8. The maximum absolute atomic E-state index is 11.7. The van der Waals surface area contributed by atoms with Crippen molar-refractivity contribution in [2.45, 2.75) is 38.3 Å². The van der Waals surface area contributed by atoms with Crippen LogP contribution in [0.25, 0.3) is 10.9 Å². The third-order valence-corrected chi connectivity index (χ3v) is 4.75. The molecule has 25 heavy (non-hydrogen) atoms. The summed E-state index contributed by atoms with van der Waals surface area (Å²) in [6.45, 7) is 3.06. The first-order valence-electron chi connectivity index (χ1n) is 8.81. The molecule has 1 amide bonds. The van der Waals surface area contributed by atoms with Crippen molar-refractivity contribution in [2.24, 2.45) is 5.73 Å². The van der Waals surface area contributed by atoms with Gasteiger partial charge in [0.15, 0.2) is 0 Å². The predicted molar refractivity (Wildman–Crippen MR) is 104 cm³/mol. The van der Waals surface area contributed by atoms with Crippen LogP contribution in [0.1, 0.15) is 31.2 Å². The van der Waals surface area contributed by atoms with Crippen molar-refractivity contribution >= 4 is 29.2 Å². The summed E-state index contributed by atoms with van der Waals surface area (Å²) in [5.74, 6) is 0.0508. The molecule has 3 N–H and O–H groups in total. The van der Waals surface area contributed by atoms with Crippen molar-refractivity contribution in [1.29, 1.82) is 0 Å². The van der Waals surface area contributed by atoms with Crippen LogP contribution < -0.4 is 11.1 Å². The zero-order chi connectivity index (χ0) is 16.8. The lowest BCUT2D eigenvalue weighted by Crippen LogP contribution is -2.46. The molecule has 1 saturated heterocycles. The molecule has 1 unspecified atom stereocenters. The van der Waals surface area contributed by atoms with Crippen LogP contribution in [0.2, 0.25) is 0 Å². The van der Waals surface area contributed by atoms with E-state index in [1.807, 2.05) is 12.3 Å². The quantitative estimate of drug-likeness (QED) is 0.828. The minimum Gasteiger partial charge on any atom is -0.354 e. The fourth-order valence-electron chi connectivity index (χ4n) is 3.46. The summed E-state index contributed by atoms with van der Waals surface area (Å²) >= 11 is 0. The molecule has 0 radical (unpaired) electrons. The third-order valence-electron chi connectivity index (χ3n) is 4.75. The molecule has 3 rings (SSSR count). The summed E-state index contributed by atoms with van der Waals surface area (Å²) in [7, 11) is 0. The van der Waals surface area contributed by atoms with Crippen LogP contribution in [0.3, 0.4) is 0 Å². The number of halogens is 1. The molecule has 2 heterocycles. The number of fused-ring (bicyclic) bond motifs is 1. The highest BCUT2D eigenvalue weighted by atomic mass is 35.5. The lowest BCUT2D eigenvalue weighted by molar-refractivity contribution is -0.121. The SMILES string of the molecule is Cl.NCCC(=O)NCC1CCCCN1Cc1cccc2cccnc12. The zero-order valence-electron chi connectivity index (χ0n) is 14.5.